The number of esters is 2. The molecule has 0 aromatic carbocycles. The van der Waals surface area contributed by atoms with Gasteiger partial charge in [0.05, 0.1) is 6.61 Å². The fourth-order valence-electron chi connectivity index (χ4n) is 6.04. The molecule has 1 saturated carbocycles. The molecule has 56 heavy (non-hydrogen) atoms. The molecule has 6 unspecified atom stereocenters. The summed E-state index contributed by atoms with van der Waals surface area (Å²) < 4.78 is 33.3. The van der Waals surface area contributed by atoms with Gasteiger partial charge in [-0.1, -0.05) is 133 Å². The molecule has 1 aliphatic carbocycles. The van der Waals surface area contributed by atoms with Crippen LogP contribution in [0.25, 0.3) is 0 Å². The average Bonchev–Trinajstić information content (AvgIpc) is 3.18. The van der Waals surface area contributed by atoms with Gasteiger partial charge in [-0.05, 0) is 51.4 Å². The Labute approximate surface area is 335 Å². The van der Waals surface area contributed by atoms with Crippen LogP contribution >= 0.6 is 7.82 Å². The van der Waals surface area contributed by atoms with Gasteiger partial charge in [0, 0.05) is 12.8 Å². The van der Waals surface area contributed by atoms with Gasteiger partial charge in [-0.3, -0.25) is 18.6 Å². The highest BCUT2D eigenvalue weighted by atomic mass is 31.2. The van der Waals surface area contributed by atoms with E-state index < -0.39 is 75.7 Å². The number of allylic oxidation sites excluding steroid dienone is 8. The molecule has 324 valence electrons. The van der Waals surface area contributed by atoms with Crippen molar-refractivity contribution in [2.75, 3.05) is 13.2 Å². The smallest absolute Gasteiger partial charge is 0.462 e. The van der Waals surface area contributed by atoms with Crippen molar-refractivity contribution in [2.45, 2.75) is 191 Å². The second-order valence-corrected chi connectivity index (χ2v) is 15.9. The highest BCUT2D eigenvalue weighted by molar-refractivity contribution is 7.47. The molecule has 14 heteroatoms. The Morgan fingerprint density at radius 1 is 0.571 bits per heavy atom. The molecule has 6 atom stereocenters. The molecule has 0 amide bonds. The van der Waals surface area contributed by atoms with Crippen molar-refractivity contribution < 1.29 is 63.1 Å². The molecule has 0 aliphatic heterocycles. The third-order valence-electron chi connectivity index (χ3n) is 9.43. The molecule has 0 radical (unpaired) electrons. The number of rotatable bonds is 33. The standard InChI is InChI=1S/C42H73O13P/c1-3-5-7-9-11-12-13-14-15-16-17-18-19-20-21-22-23-24-25-27-29-31-36(44)54-34(32-52-35(43)30-28-26-10-8-6-4-2)33-53-56(50,51)55-42-40(48)38(46)37(45)39(47)41(42)49/h5,7,11-12,14-15,17-18,34,37-42,45-49H,3-4,6,8-10,13,16,19-33H2,1-2H3,(H,50,51)/b7-5-,12-11-,15-14-,18-17-. The maximum atomic E-state index is 12.7. The van der Waals surface area contributed by atoms with Gasteiger partial charge in [0.1, 0.15) is 43.2 Å². The van der Waals surface area contributed by atoms with Gasteiger partial charge < -0.3 is 39.9 Å². The van der Waals surface area contributed by atoms with Crippen LogP contribution in [0.3, 0.4) is 0 Å². The van der Waals surface area contributed by atoms with Gasteiger partial charge in [0.2, 0.25) is 0 Å². The Bertz CT molecular complexity index is 1170. The van der Waals surface area contributed by atoms with Crippen molar-refractivity contribution >= 4 is 19.8 Å². The summed E-state index contributed by atoms with van der Waals surface area (Å²) in [5.41, 5.74) is 0. The maximum absolute atomic E-state index is 12.7. The van der Waals surface area contributed by atoms with E-state index in [1.54, 1.807) is 0 Å². The molecule has 0 spiro atoms. The van der Waals surface area contributed by atoms with Gasteiger partial charge in [-0.2, -0.15) is 0 Å². The van der Waals surface area contributed by atoms with Crippen LogP contribution < -0.4 is 0 Å². The third-order valence-corrected chi connectivity index (χ3v) is 10.4. The van der Waals surface area contributed by atoms with Gasteiger partial charge in [0.25, 0.3) is 0 Å². The molecule has 1 fully saturated rings. The lowest BCUT2D eigenvalue weighted by molar-refractivity contribution is -0.220. The molecular formula is C42H73O13P. The minimum atomic E-state index is -5.11. The first-order chi connectivity index (χ1) is 26.9. The summed E-state index contributed by atoms with van der Waals surface area (Å²) in [7, 11) is -5.11. The van der Waals surface area contributed by atoms with Crippen molar-refractivity contribution in [3.05, 3.63) is 48.6 Å². The van der Waals surface area contributed by atoms with E-state index in [1.807, 2.05) is 0 Å². The van der Waals surface area contributed by atoms with Crippen LogP contribution in [0.5, 0.6) is 0 Å². The fourth-order valence-corrected chi connectivity index (χ4v) is 7.01. The SMILES string of the molecule is CC/C=C\C/C=C\C/C=C\C/C=C\CCCCCCCCCCC(=O)OC(COC(=O)CCCCCCCC)COP(=O)(O)OC1C(O)C(O)C(O)C(O)C1O. The van der Waals surface area contributed by atoms with E-state index in [-0.39, 0.29) is 12.8 Å². The van der Waals surface area contributed by atoms with Crippen LogP contribution in [0.4, 0.5) is 0 Å². The number of ether oxygens (including phenoxy) is 2. The van der Waals surface area contributed by atoms with E-state index in [1.165, 1.54) is 6.42 Å². The number of unbranched alkanes of at least 4 members (excludes halogenated alkanes) is 13. The number of phosphoric ester groups is 1. The highest BCUT2D eigenvalue weighted by Gasteiger charge is 2.51. The van der Waals surface area contributed by atoms with Gasteiger partial charge in [-0.25, -0.2) is 4.57 Å². The van der Waals surface area contributed by atoms with E-state index in [4.69, 9.17) is 18.5 Å². The Kier molecular flexibility index (Phi) is 30.3. The topological polar surface area (TPSA) is 210 Å². The first-order valence-corrected chi connectivity index (χ1v) is 22.4. The van der Waals surface area contributed by atoms with Crippen LogP contribution in [0.15, 0.2) is 48.6 Å². The summed E-state index contributed by atoms with van der Waals surface area (Å²) in [6.07, 6.45) is 23.6. The monoisotopic (exact) mass is 816 g/mol. The second-order valence-electron chi connectivity index (χ2n) is 14.5. The molecule has 0 aromatic heterocycles. The number of hydrogen-bond donors (Lipinski definition) is 6. The first kappa shape index (κ1) is 51.8. The summed E-state index contributed by atoms with van der Waals surface area (Å²) >= 11 is 0. The van der Waals surface area contributed by atoms with Crippen molar-refractivity contribution in [2.24, 2.45) is 0 Å². The molecular weight excluding hydrogens is 743 g/mol. The van der Waals surface area contributed by atoms with E-state index in [0.717, 1.165) is 103 Å². The largest absolute Gasteiger partial charge is 0.472 e. The first-order valence-electron chi connectivity index (χ1n) is 20.9. The number of aliphatic hydroxyl groups is 5. The average molecular weight is 817 g/mol. The van der Waals surface area contributed by atoms with Gasteiger partial charge in [0.15, 0.2) is 6.10 Å². The normalized spacial score (nSPS) is 23.4. The summed E-state index contributed by atoms with van der Waals surface area (Å²) in [6.45, 7) is 3.07. The summed E-state index contributed by atoms with van der Waals surface area (Å²) in [4.78, 5) is 35.3. The predicted molar refractivity (Wildman–Crippen MR) is 216 cm³/mol. The van der Waals surface area contributed by atoms with Crippen molar-refractivity contribution in [1.82, 2.24) is 0 Å². The molecule has 6 N–H and O–H groups in total. The lowest BCUT2D eigenvalue weighted by Gasteiger charge is -2.41. The Morgan fingerprint density at radius 3 is 1.55 bits per heavy atom. The molecule has 0 aromatic rings. The zero-order valence-electron chi connectivity index (χ0n) is 33.9. The van der Waals surface area contributed by atoms with Gasteiger partial charge in [-0.15, -0.1) is 0 Å². The minimum Gasteiger partial charge on any atom is -0.462 e. The van der Waals surface area contributed by atoms with E-state index in [9.17, 15) is 44.6 Å². The number of carbonyl (C=O) groups excluding carboxylic acids is 2. The van der Waals surface area contributed by atoms with Crippen molar-refractivity contribution in [3.63, 3.8) is 0 Å². The van der Waals surface area contributed by atoms with Crippen LogP contribution in [0.2, 0.25) is 0 Å². The second kappa shape index (κ2) is 32.7. The Morgan fingerprint density at radius 2 is 1.02 bits per heavy atom. The third kappa shape index (κ3) is 25.2. The summed E-state index contributed by atoms with van der Waals surface area (Å²) in [6, 6.07) is 0. The van der Waals surface area contributed by atoms with Crippen LogP contribution in [0.1, 0.15) is 149 Å². The van der Waals surface area contributed by atoms with Gasteiger partial charge >= 0.3 is 19.8 Å². The van der Waals surface area contributed by atoms with Crippen LogP contribution in [0, 0.1) is 0 Å². The molecule has 1 aliphatic rings. The Hall–Kier alpha value is -2.19. The maximum Gasteiger partial charge on any atom is 0.472 e. The Balaban J connectivity index is 2.40. The minimum absolute atomic E-state index is 0.0862. The van der Waals surface area contributed by atoms with Crippen molar-refractivity contribution in [1.29, 1.82) is 0 Å². The lowest BCUT2D eigenvalue weighted by atomic mass is 9.85. The molecule has 0 bridgehead atoms. The zero-order chi connectivity index (χ0) is 41.4. The number of hydrogen-bond acceptors (Lipinski definition) is 12. The molecule has 1 rings (SSSR count). The number of carbonyl (C=O) groups is 2. The predicted octanol–water partition coefficient (Wildman–Crippen LogP) is 7.22. The number of aliphatic hydroxyl groups excluding tert-OH is 5. The molecule has 0 heterocycles. The van der Waals surface area contributed by atoms with Crippen LogP contribution in [-0.4, -0.2) is 98.3 Å². The lowest BCUT2D eigenvalue weighted by Crippen LogP contribution is -2.64. The molecule has 0 saturated heterocycles. The summed E-state index contributed by atoms with van der Waals surface area (Å²) in [5.74, 6) is -1.12. The number of phosphoric acid groups is 1. The van der Waals surface area contributed by atoms with E-state index >= 15 is 0 Å². The molecule has 13 nitrogen and oxygen atoms in total. The quantitative estimate of drug-likeness (QED) is 0.0168. The van der Waals surface area contributed by atoms with E-state index in [2.05, 4.69) is 62.5 Å². The van der Waals surface area contributed by atoms with E-state index in [0.29, 0.717) is 12.8 Å². The fraction of sp³-hybridized carbons (Fsp3) is 0.762. The zero-order valence-corrected chi connectivity index (χ0v) is 34.8. The highest BCUT2D eigenvalue weighted by Crippen LogP contribution is 2.47. The van der Waals surface area contributed by atoms with Crippen LogP contribution in [-0.2, 0) is 32.7 Å². The summed E-state index contributed by atoms with van der Waals surface area (Å²) in [5, 5.41) is 49.9. The van der Waals surface area contributed by atoms with Crippen molar-refractivity contribution in [3.8, 4) is 0 Å².